The Labute approximate surface area is 189 Å². The average molecular weight is 452 g/mol. The highest BCUT2D eigenvalue weighted by molar-refractivity contribution is 7.09. The van der Waals surface area contributed by atoms with Gasteiger partial charge in [0.2, 0.25) is 5.91 Å². The lowest BCUT2D eigenvalue weighted by atomic mass is 10.1. The van der Waals surface area contributed by atoms with Gasteiger partial charge in [-0.1, -0.05) is 60.7 Å². The Morgan fingerprint density at radius 2 is 1.55 bits per heavy atom. The number of aromatic nitrogens is 1. The van der Waals surface area contributed by atoms with Crippen molar-refractivity contribution in [2.75, 3.05) is 19.6 Å². The molecule has 2 N–H and O–H groups in total. The molecule has 3 aromatic rings. The summed E-state index contributed by atoms with van der Waals surface area (Å²) < 4.78 is 0. The van der Waals surface area contributed by atoms with Gasteiger partial charge in [-0.2, -0.15) is 0 Å². The molecule has 0 saturated carbocycles. The summed E-state index contributed by atoms with van der Waals surface area (Å²) in [6.07, 6.45) is 1.98. The van der Waals surface area contributed by atoms with Crippen LogP contribution in [0.4, 0.5) is 0 Å². The minimum Gasteiger partial charge on any atom is -0.341 e. The molecule has 0 aliphatic carbocycles. The van der Waals surface area contributed by atoms with Crippen molar-refractivity contribution in [3.05, 3.63) is 87.9 Å². The van der Waals surface area contributed by atoms with Gasteiger partial charge in [0.1, 0.15) is 0 Å². The molecular weight excluding hydrogens is 425 g/mol. The highest BCUT2D eigenvalue weighted by atomic mass is 35.5. The zero-order valence-electron chi connectivity index (χ0n) is 16.2. The summed E-state index contributed by atoms with van der Waals surface area (Å²) in [6.45, 7) is 1.73. The van der Waals surface area contributed by atoms with Gasteiger partial charge in [0.05, 0.1) is 17.1 Å². The summed E-state index contributed by atoms with van der Waals surface area (Å²) in [5.74, 6) is 0.0907. The van der Waals surface area contributed by atoms with Crippen LogP contribution < -0.4 is 5.73 Å². The second-order valence-electron chi connectivity index (χ2n) is 6.48. The van der Waals surface area contributed by atoms with E-state index >= 15 is 0 Å². The van der Waals surface area contributed by atoms with Crippen LogP contribution in [0, 0.1) is 0 Å². The van der Waals surface area contributed by atoms with Crippen LogP contribution in [0.25, 0.3) is 0 Å². The molecule has 4 nitrogen and oxygen atoms in total. The van der Waals surface area contributed by atoms with Crippen molar-refractivity contribution in [3.63, 3.8) is 0 Å². The molecule has 7 heteroatoms. The molecular formula is C22H27Cl2N3OS. The van der Waals surface area contributed by atoms with Crippen molar-refractivity contribution in [1.29, 1.82) is 0 Å². The number of hydrogen-bond acceptors (Lipinski definition) is 4. The lowest BCUT2D eigenvalue weighted by Gasteiger charge is -2.21. The number of benzene rings is 2. The van der Waals surface area contributed by atoms with E-state index in [0.29, 0.717) is 26.1 Å². The van der Waals surface area contributed by atoms with Crippen molar-refractivity contribution < 1.29 is 4.79 Å². The molecule has 0 radical (unpaired) electrons. The summed E-state index contributed by atoms with van der Waals surface area (Å²) in [6, 6.07) is 20.5. The first-order valence-electron chi connectivity index (χ1n) is 9.23. The number of amides is 1. The average Bonchev–Trinajstić information content (AvgIpc) is 3.13. The van der Waals surface area contributed by atoms with Crippen molar-refractivity contribution in [1.82, 2.24) is 9.88 Å². The maximum absolute atomic E-state index is 12.7. The van der Waals surface area contributed by atoms with Gasteiger partial charge in [-0.3, -0.25) is 4.79 Å². The Bertz CT molecular complexity index is 844. The van der Waals surface area contributed by atoms with E-state index in [0.717, 1.165) is 23.5 Å². The van der Waals surface area contributed by atoms with Gasteiger partial charge in [-0.05, 0) is 17.5 Å². The highest BCUT2D eigenvalue weighted by Gasteiger charge is 2.15. The predicted octanol–water partition coefficient (Wildman–Crippen LogP) is 4.15. The van der Waals surface area contributed by atoms with Crippen LogP contribution in [0.3, 0.4) is 0 Å². The van der Waals surface area contributed by atoms with E-state index in [4.69, 9.17) is 5.73 Å². The Morgan fingerprint density at radius 3 is 2.17 bits per heavy atom. The number of rotatable bonds is 9. The highest BCUT2D eigenvalue weighted by Crippen LogP contribution is 2.16. The van der Waals surface area contributed by atoms with Gasteiger partial charge >= 0.3 is 0 Å². The molecule has 0 bridgehead atoms. The van der Waals surface area contributed by atoms with E-state index in [1.165, 1.54) is 11.1 Å². The predicted molar refractivity (Wildman–Crippen MR) is 125 cm³/mol. The molecule has 0 aliphatic heterocycles. The summed E-state index contributed by atoms with van der Waals surface area (Å²) in [5.41, 5.74) is 9.02. The Balaban J connectivity index is 0.00000210. The number of carbonyl (C=O) groups excluding carboxylic acids is 1. The first kappa shape index (κ1) is 25.1. The van der Waals surface area contributed by atoms with E-state index < -0.39 is 0 Å². The molecule has 0 atom stereocenters. The van der Waals surface area contributed by atoms with Gasteiger partial charge in [0.15, 0.2) is 0 Å². The first-order valence-corrected chi connectivity index (χ1v) is 10.1. The van der Waals surface area contributed by atoms with Crippen molar-refractivity contribution in [2.24, 2.45) is 5.73 Å². The SMILES string of the molecule is Cl.Cl.NCCN(CCc1ccccc1)C(=O)Cc1csc(Cc2ccccc2)n1. The Morgan fingerprint density at radius 1 is 0.931 bits per heavy atom. The van der Waals surface area contributed by atoms with Gasteiger partial charge in [0.25, 0.3) is 0 Å². The van der Waals surface area contributed by atoms with Crippen LogP contribution in [0.15, 0.2) is 66.0 Å². The molecule has 1 aromatic heterocycles. The van der Waals surface area contributed by atoms with E-state index in [-0.39, 0.29) is 30.7 Å². The van der Waals surface area contributed by atoms with E-state index in [9.17, 15) is 4.79 Å². The molecule has 2 aromatic carbocycles. The van der Waals surface area contributed by atoms with Crippen LogP contribution in [0.2, 0.25) is 0 Å². The molecule has 1 amide bonds. The summed E-state index contributed by atoms with van der Waals surface area (Å²) in [7, 11) is 0. The third-order valence-corrected chi connectivity index (χ3v) is 5.29. The van der Waals surface area contributed by atoms with Crippen LogP contribution in [0.1, 0.15) is 21.8 Å². The second kappa shape index (κ2) is 13.3. The smallest absolute Gasteiger partial charge is 0.228 e. The number of halogens is 2. The van der Waals surface area contributed by atoms with Crippen LogP contribution in [-0.4, -0.2) is 35.4 Å². The maximum atomic E-state index is 12.7. The second-order valence-corrected chi connectivity index (χ2v) is 7.42. The van der Waals surface area contributed by atoms with Crippen LogP contribution in [-0.2, 0) is 24.1 Å². The molecule has 0 aliphatic rings. The fraction of sp³-hybridized carbons (Fsp3) is 0.273. The maximum Gasteiger partial charge on any atom is 0.228 e. The first-order chi connectivity index (χ1) is 13.2. The van der Waals surface area contributed by atoms with Crippen molar-refractivity contribution in [3.8, 4) is 0 Å². The molecule has 0 fully saturated rings. The molecule has 0 unspecified atom stereocenters. The Kier molecular flexibility index (Phi) is 11.5. The van der Waals surface area contributed by atoms with Gasteiger partial charge < -0.3 is 10.6 Å². The molecule has 0 spiro atoms. The van der Waals surface area contributed by atoms with Gasteiger partial charge in [0, 0.05) is 31.4 Å². The quantitative estimate of drug-likeness (QED) is 0.531. The monoisotopic (exact) mass is 451 g/mol. The fourth-order valence-corrected chi connectivity index (χ4v) is 3.80. The number of thiazole rings is 1. The lowest BCUT2D eigenvalue weighted by molar-refractivity contribution is -0.130. The number of carbonyl (C=O) groups is 1. The zero-order chi connectivity index (χ0) is 18.9. The van der Waals surface area contributed by atoms with E-state index in [1.54, 1.807) is 11.3 Å². The Hall–Kier alpha value is -1.92. The van der Waals surface area contributed by atoms with Gasteiger partial charge in [-0.15, -0.1) is 36.2 Å². The number of hydrogen-bond donors (Lipinski definition) is 1. The lowest BCUT2D eigenvalue weighted by Crippen LogP contribution is -2.37. The van der Waals surface area contributed by atoms with E-state index in [2.05, 4.69) is 29.2 Å². The molecule has 156 valence electrons. The summed E-state index contributed by atoms with van der Waals surface area (Å²) in [5, 5.41) is 3.03. The van der Waals surface area contributed by atoms with Gasteiger partial charge in [-0.25, -0.2) is 4.98 Å². The fourth-order valence-electron chi connectivity index (χ4n) is 2.97. The largest absolute Gasteiger partial charge is 0.341 e. The zero-order valence-corrected chi connectivity index (χ0v) is 18.6. The minimum atomic E-state index is 0. The molecule has 1 heterocycles. The van der Waals surface area contributed by atoms with Crippen LogP contribution >= 0.6 is 36.2 Å². The normalized spacial score (nSPS) is 9.97. The molecule has 0 saturated heterocycles. The molecule has 29 heavy (non-hydrogen) atoms. The van der Waals surface area contributed by atoms with Crippen molar-refractivity contribution >= 4 is 42.1 Å². The molecule has 3 rings (SSSR count). The number of nitrogens with zero attached hydrogens (tertiary/aromatic N) is 2. The standard InChI is InChI=1S/C22H25N3OS.2ClH/c23-12-14-25(13-11-18-7-3-1-4-8-18)22(26)16-20-17-27-21(24-20)15-19-9-5-2-6-10-19;;/h1-10,17H,11-16,23H2;2*1H. The topological polar surface area (TPSA) is 59.2 Å². The van der Waals surface area contributed by atoms with Crippen molar-refractivity contribution in [2.45, 2.75) is 19.3 Å². The summed E-state index contributed by atoms with van der Waals surface area (Å²) >= 11 is 1.62. The number of nitrogens with two attached hydrogens (primary N) is 1. The van der Waals surface area contributed by atoms with Crippen LogP contribution in [0.5, 0.6) is 0 Å². The third-order valence-electron chi connectivity index (χ3n) is 4.39. The third kappa shape index (κ3) is 8.15. The van der Waals surface area contributed by atoms with E-state index in [1.807, 2.05) is 46.7 Å². The minimum absolute atomic E-state index is 0. The summed E-state index contributed by atoms with van der Waals surface area (Å²) in [4.78, 5) is 19.2.